The Morgan fingerprint density at radius 1 is 1.29 bits per heavy atom. The molecule has 0 N–H and O–H groups in total. The van der Waals surface area contributed by atoms with E-state index in [0.717, 1.165) is 18.7 Å². The Kier molecular flexibility index (Phi) is 3.01. The largest absolute Gasteiger partial charge is 0.298 e. The van der Waals surface area contributed by atoms with Crippen molar-refractivity contribution in [3.8, 4) is 0 Å². The van der Waals surface area contributed by atoms with Gasteiger partial charge in [-0.15, -0.1) is 0 Å². The van der Waals surface area contributed by atoms with Crippen molar-refractivity contribution in [2.24, 2.45) is 5.41 Å². The molecule has 1 aliphatic carbocycles. The summed E-state index contributed by atoms with van der Waals surface area (Å²) in [7, 11) is 0. The van der Waals surface area contributed by atoms with Gasteiger partial charge in [0.15, 0.2) is 0 Å². The molecule has 1 aromatic rings. The highest BCUT2D eigenvalue weighted by atomic mass is 35.5. The number of piperidine rings is 1. The van der Waals surface area contributed by atoms with Gasteiger partial charge in [-0.3, -0.25) is 4.90 Å². The van der Waals surface area contributed by atoms with Gasteiger partial charge in [-0.2, -0.15) is 0 Å². The average Bonchev–Trinajstić information content (AvgIpc) is 3.02. The van der Waals surface area contributed by atoms with Gasteiger partial charge >= 0.3 is 0 Å². The molecular weight excluding hydrogens is 257 g/mol. The van der Waals surface area contributed by atoms with Crippen molar-refractivity contribution < 1.29 is 0 Å². The van der Waals surface area contributed by atoms with Crippen LogP contribution in [0.3, 0.4) is 0 Å². The number of rotatable bonds is 2. The summed E-state index contributed by atoms with van der Waals surface area (Å²) in [5.41, 5.74) is 1.62. The molecule has 1 aliphatic heterocycles. The van der Waals surface area contributed by atoms with E-state index < -0.39 is 0 Å². The van der Waals surface area contributed by atoms with E-state index in [1.165, 1.54) is 32.2 Å². The SMILES string of the molecule is Clc1ncc(CN2CCCC3(CC3)C2)c(Cl)n1. The van der Waals surface area contributed by atoms with Gasteiger partial charge in [0.05, 0.1) is 0 Å². The summed E-state index contributed by atoms with van der Waals surface area (Å²) in [6.45, 7) is 3.20. The molecule has 3 rings (SSSR count). The molecule has 0 aromatic carbocycles. The van der Waals surface area contributed by atoms with Crippen LogP contribution in [0.4, 0.5) is 0 Å². The molecular formula is C12H15Cl2N3. The third kappa shape index (κ3) is 2.56. The first-order valence-corrected chi connectivity index (χ1v) is 6.82. The Labute approximate surface area is 111 Å². The monoisotopic (exact) mass is 271 g/mol. The maximum Gasteiger partial charge on any atom is 0.223 e. The van der Waals surface area contributed by atoms with Gasteiger partial charge in [0.2, 0.25) is 5.28 Å². The Bertz CT molecular complexity index is 432. The summed E-state index contributed by atoms with van der Waals surface area (Å²) >= 11 is 11.8. The van der Waals surface area contributed by atoms with Crippen LogP contribution in [0.1, 0.15) is 31.2 Å². The number of nitrogens with zero attached hydrogens (tertiary/aromatic N) is 3. The van der Waals surface area contributed by atoms with Crippen LogP contribution in [0, 0.1) is 5.41 Å². The summed E-state index contributed by atoms with van der Waals surface area (Å²) < 4.78 is 0. The summed E-state index contributed by atoms with van der Waals surface area (Å²) in [5, 5.41) is 0.705. The third-order valence-corrected chi connectivity index (χ3v) is 4.38. The van der Waals surface area contributed by atoms with Crippen LogP contribution < -0.4 is 0 Å². The molecule has 17 heavy (non-hydrogen) atoms. The van der Waals surface area contributed by atoms with Crippen molar-refractivity contribution >= 4 is 23.2 Å². The standard InChI is InChI=1S/C12H15Cl2N3/c13-10-9(6-15-11(14)16-10)7-17-5-1-2-12(8-17)3-4-12/h6H,1-5,7-8H2. The molecule has 0 radical (unpaired) electrons. The lowest BCUT2D eigenvalue weighted by atomic mass is 9.95. The summed E-state index contributed by atoms with van der Waals surface area (Å²) in [6.07, 6.45) is 7.23. The van der Waals surface area contributed by atoms with Gasteiger partial charge < -0.3 is 0 Å². The minimum Gasteiger partial charge on any atom is -0.298 e. The second kappa shape index (κ2) is 4.38. The molecule has 2 fully saturated rings. The second-order valence-corrected chi connectivity index (χ2v) is 5.97. The minimum atomic E-state index is 0.219. The van der Waals surface area contributed by atoms with Crippen LogP contribution in [0.25, 0.3) is 0 Å². The fourth-order valence-electron chi connectivity index (χ4n) is 2.74. The predicted molar refractivity (Wildman–Crippen MR) is 68.2 cm³/mol. The van der Waals surface area contributed by atoms with Gasteiger partial charge in [-0.1, -0.05) is 11.6 Å². The van der Waals surface area contributed by atoms with E-state index >= 15 is 0 Å². The maximum absolute atomic E-state index is 6.07. The Balaban J connectivity index is 1.69. The highest BCUT2D eigenvalue weighted by molar-refractivity contribution is 6.32. The average molecular weight is 272 g/mol. The number of aromatic nitrogens is 2. The molecule has 5 heteroatoms. The molecule has 92 valence electrons. The Hall–Kier alpha value is -0.380. The van der Waals surface area contributed by atoms with E-state index in [1.54, 1.807) is 6.20 Å². The van der Waals surface area contributed by atoms with Crippen LogP contribution in [0.2, 0.25) is 10.4 Å². The number of likely N-dealkylation sites (tertiary alicyclic amines) is 1. The fourth-order valence-corrected chi connectivity index (χ4v) is 3.11. The van der Waals surface area contributed by atoms with E-state index in [1.807, 2.05) is 0 Å². The second-order valence-electron chi connectivity index (χ2n) is 5.27. The first-order chi connectivity index (χ1) is 8.17. The van der Waals surface area contributed by atoms with Gasteiger partial charge in [0.25, 0.3) is 0 Å². The molecule has 1 saturated carbocycles. The highest BCUT2D eigenvalue weighted by Gasteiger charge is 2.45. The lowest BCUT2D eigenvalue weighted by molar-refractivity contribution is 0.154. The summed E-state index contributed by atoms with van der Waals surface area (Å²) in [4.78, 5) is 10.5. The van der Waals surface area contributed by atoms with Crippen LogP contribution in [0.5, 0.6) is 0 Å². The molecule has 2 aliphatic rings. The summed E-state index contributed by atoms with van der Waals surface area (Å²) in [5.74, 6) is 0. The van der Waals surface area contributed by atoms with E-state index in [4.69, 9.17) is 23.2 Å². The molecule has 1 saturated heterocycles. The van der Waals surface area contributed by atoms with Crippen molar-refractivity contribution in [2.75, 3.05) is 13.1 Å². The van der Waals surface area contributed by atoms with Crippen molar-refractivity contribution in [3.05, 3.63) is 22.2 Å². The topological polar surface area (TPSA) is 29.0 Å². The molecule has 2 heterocycles. The zero-order chi connectivity index (χ0) is 11.9. The molecule has 0 amide bonds. The Morgan fingerprint density at radius 3 is 2.82 bits per heavy atom. The van der Waals surface area contributed by atoms with Gasteiger partial charge in [-0.05, 0) is 49.2 Å². The van der Waals surface area contributed by atoms with Gasteiger partial charge in [0.1, 0.15) is 5.15 Å². The first kappa shape index (κ1) is 11.7. The summed E-state index contributed by atoms with van der Waals surface area (Å²) in [6, 6.07) is 0. The van der Waals surface area contributed by atoms with Gasteiger partial charge in [0, 0.05) is 24.8 Å². The number of halogens is 2. The van der Waals surface area contributed by atoms with Crippen molar-refractivity contribution in [3.63, 3.8) is 0 Å². The molecule has 1 spiro atoms. The molecule has 0 unspecified atom stereocenters. The van der Waals surface area contributed by atoms with Crippen LogP contribution in [0.15, 0.2) is 6.20 Å². The normalized spacial score (nSPS) is 22.9. The zero-order valence-corrected chi connectivity index (χ0v) is 11.1. The minimum absolute atomic E-state index is 0.219. The number of hydrogen-bond acceptors (Lipinski definition) is 3. The lowest BCUT2D eigenvalue weighted by Crippen LogP contribution is -2.36. The van der Waals surface area contributed by atoms with E-state index in [9.17, 15) is 0 Å². The van der Waals surface area contributed by atoms with Crippen LogP contribution >= 0.6 is 23.2 Å². The van der Waals surface area contributed by atoms with E-state index in [0.29, 0.717) is 10.6 Å². The Morgan fingerprint density at radius 2 is 2.12 bits per heavy atom. The number of hydrogen-bond donors (Lipinski definition) is 0. The highest BCUT2D eigenvalue weighted by Crippen LogP contribution is 2.52. The maximum atomic E-state index is 6.07. The first-order valence-electron chi connectivity index (χ1n) is 6.06. The molecule has 1 aromatic heterocycles. The molecule has 3 nitrogen and oxygen atoms in total. The van der Waals surface area contributed by atoms with Crippen LogP contribution in [-0.2, 0) is 6.54 Å². The lowest BCUT2D eigenvalue weighted by Gasteiger charge is -2.32. The van der Waals surface area contributed by atoms with E-state index in [2.05, 4.69) is 14.9 Å². The zero-order valence-electron chi connectivity index (χ0n) is 9.62. The molecule has 0 atom stereocenters. The fraction of sp³-hybridized carbons (Fsp3) is 0.667. The third-order valence-electron chi connectivity index (χ3n) is 3.87. The quantitative estimate of drug-likeness (QED) is 0.611. The molecule has 0 bridgehead atoms. The van der Waals surface area contributed by atoms with E-state index in [-0.39, 0.29) is 5.28 Å². The van der Waals surface area contributed by atoms with Gasteiger partial charge in [-0.25, -0.2) is 9.97 Å². The van der Waals surface area contributed by atoms with Crippen molar-refractivity contribution in [2.45, 2.75) is 32.2 Å². The smallest absolute Gasteiger partial charge is 0.223 e. The predicted octanol–water partition coefficient (Wildman–Crippen LogP) is 3.16. The van der Waals surface area contributed by atoms with Crippen LogP contribution in [-0.4, -0.2) is 28.0 Å². The van der Waals surface area contributed by atoms with Crippen molar-refractivity contribution in [1.29, 1.82) is 0 Å². The van der Waals surface area contributed by atoms with Crippen molar-refractivity contribution in [1.82, 2.24) is 14.9 Å².